The summed E-state index contributed by atoms with van der Waals surface area (Å²) < 4.78 is 0. The molecule has 0 aliphatic carbocycles. The van der Waals surface area contributed by atoms with Gasteiger partial charge in [-0.25, -0.2) is 0 Å². The van der Waals surface area contributed by atoms with Crippen LogP contribution >= 0.6 is 0 Å². The van der Waals surface area contributed by atoms with Crippen molar-refractivity contribution in [2.75, 3.05) is 0 Å². The molecule has 2 heteroatoms. The highest BCUT2D eigenvalue weighted by Gasteiger charge is 2.13. The molecule has 1 aromatic heterocycles. The number of hydrogen-bond donors (Lipinski definition) is 1. The van der Waals surface area contributed by atoms with Crippen molar-refractivity contribution in [3.63, 3.8) is 0 Å². The summed E-state index contributed by atoms with van der Waals surface area (Å²) in [5, 5.41) is 6.27. The smallest absolute Gasteiger partial charge is 0.0315 e. The van der Waals surface area contributed by atoms with Crippen LogP contribution < -0.4 is 5.32 Å². The SMILES string of the molecule is CC(N[C@@H](C)c1cccnc1)c1cccc2ccccc12. The fourth-order valence-corrected chi connectivity index (χ4v) is 2.82. The molecule has 0 fully saturated rings. The highest BCUT2D eigenvalue weighted by molar-refractivity contribution is 5.86. The second-order valence-electron chi connectivity index (χ2n) is 5.46. The number of aromatic nitrogens is 1. The predicted octanol–water partition coefficient (Wildman–Crippen LogP) is 4.65. The number of nitrogens with one attached hydrogen (secondary N) is 1. The number of hydrogen-bond acceptors (Lipinski definition) is 2. The van der Waals surface area contributed by atoms with E-state index in [-0.39, 0.29) is 12.1 Å². The highest BCUT2D eigenvalue weighted by atomic mass is 14.9. The Kier molecular flexibility index (Phi) is 3.98. The molecule has 0 aliphatic heterocycles. The van der Waals surface area contributed by atoms with Gasteiger partial charge in [0.25, 0.3) is 0 Å². The summed E-state index contributed by atoms with van der Waals surface area (Å²) in [5.41, 5.74) is 2.55. The number of fused-ring (bicyclic) bond motifs is 1. The van der Waals surface area contributed by atoms with Crippen LogP contribution in [-0.4, -0.2) is 4.98 Å². The summed E-state index contributed by atoms with van der Waals surface area (Å²) in [6.45, 7) is 4.40. The molecule has 0 aliphatic rings. The molecule has 1 unspecified atom stereocenters. The Morgan fingerprint density at radius 2 is 1.67 bits per heavy atom. The predicted molar refractivity (Wildman–Crippen MR) is 88.2 cm³/mol. The molecule has 0 saturated carbocycles. The van der Waals surface area contributed by atoms with Gasteiger partial charge < -0.3 is 5.32 Å². The van der Waals surface area contributed by atoms with E-state index in [1.807, 2.05) is 18.5 Å². The van der Waals surface area contributed by atoms with Crippen molar-refractivity contribution in [1.82, 2.24) is 10.3 Å². The third kappa shape index (κ3) is 2.96. The maximum atomic E-state index is 4.20. The molecule has 21 heavy (non-hydrogen) atoms. The zero-order valence-corrected chi connectivity index (χ0v) is 12.5. The van der Waals surface area contributed by atoms with Crippen molar-refractivity contribution in [3.8, 4) is 0 Å². The molecule has 0 bridgehead atoms. The Morgan fingerprint density at radius 1 is 0.857 bits per heavy atom. The third-order valence-corrected chi connectivity index (χ3v) is 3.97. The van der Waals surface area contributed by atoms with Crippen LogP contribution in [0.25, 0.3) is 10.8 Å². The Morgan fingerprint density at radius 3 is 2.48 bits per heavy atom. The van der Waals surface area contributed by atoms with Gasteiger partial charge in [-0.05, 0) is 41.8 Å². The van der Waals surface area contributed by atoms with E-state index in [0.29, 0.717) is 0 Å². The quantitative estimate of drug-likeness (QED) is 0.750. The Labute approximate surface area is 125 Å². The van der Waals surface area contributed by atoms with Gasteiger partial charge in [-0.2, -0.15) is 0 Å². The maximum Gasteiger partial charge on any atom is 0.0315 e. The van der Waals surface area contributed by atoms with E-state index in [1.54, 1.807) is 0 Å². The van der Waals surface area contributed by atoms with Crippen molar-refractivity contribution in [1.29, 1.82) is 0 Å². The first-order chi connectivity index (χ1) is 10.3. The standard InChI is InChI=1S/C19H20N2/c1-14(17-9-6-12-20-13-17)21-15(2)18-11-5-8-16-7-3-4-10-19(16)18/h3-15,21H,1-2H3/t14-,15?/m0/s1. The molecule has 2 atom stereocenters. The van der Waals surface area contributed by atoms with Gasteiger partial charge in [-0.3, -0.25) is 4.98 Å². The fraction of sp³-hybridized carbons (Fsp3) is 0.211. The van der Waals surface area contributed by atoms with Gasteiger partial charge in [0.2, 0.25) is 0 Å². The van der Waals surface area contributed by atoms with E-state index in [4.69, 9.17) is 0 Å². The highest BCUT2D eigenvalue weighted by Crippen LogP contribution is 2.26. The van der Waals surface area contributed by atoms with Crippen LogP contribution in [0.15, 0.2) is 67.0 Å². The molecule has 1 heterocycles. The summed E-state index contributed by atoms with van der Waals surface area (Å²) in [5.74, 6) is 0. The molecule has 3 rings (SSSR count). The largest absolute Gasteiger partial charge is 0.304 e. The fourth-order valence-electron chi connectivity index (χ4n) is 2.82. The van der Waals surface area contributed by atoms with Crippen LogP contribution in [0.5, 0.6) is 0 Å². The van der Waals surface area contributed by atoms with Gasteiger partial charge in [-0.15, -0.1) is 0 Å². The summed E-state index contributed by atoms with van der Waals surface area (Å²) in [4.78, 5) is 4.20. The molecule has 106 valence electrons. The monoisotopic (exact) mass is 276 g/mol. The molecule has 0 spiro atoms. The number of pyridine rings is 1. The van der Waals surface area contributed by atoms with Gasteiger partial charge in [-0.1, -0.05) is 48.5 Å². The third-order valence-electron chi connectivity index (χ3n) is 3.97. The number of benzene rings is 2. The van der Waals surface area contributed by atoms with E-state index in [0.717, 1.165) is 0 Å². The van der Waals surface area contributed by atoms with E-state index in [9.17, 15) is 0 Å². The summed E-state index contributed by atoms with van der Waals surface area (Å²) >= 11 is 0. The van der Waals surface area contributed by atoms with Gasteiger partial charge in [0.05, 0.1) is 0 Å². The molecular weight excluding hydrogens is 256 g/mol. The van der Waals surface area contributed by atoms with Crippen LogP contribution in [0.4, 0.5) is 0 Å². The average molecular weight is 276 g/mol. The average Bonchev–Trinajstić information content (AvgIpc) is 2.55. The van der Waals surface area contributed by atoms with E-state index >= 15 is 0 Å². The van der Waals surface area contributed by atoms with Crippen LogP contribution in [0.2, 0.25) is 0 Å². The van der Waals surface area contributed by atoms with E-state index < -0.39 is 0 Å². The first kappa shape index (κ1) is 13.8. The Hall–Kier alpha value is -2.19. The second kappa shape index (κ2) is 6.06. The van der Waals surface area contributed by atoms with Crippen molar-refractivity contribution < 1.29 is 0 Å². The van der Waals surface area contributed by atoms with Crippen LogP contribution in [-0.2, 0) is 0 Å². The van der Waals surface area contributed by atoms with Crippen molar-refractivity contribution in [2.24, 2.45) is 0 Å². The zero-order chi connectivity index (χ0) is 14.7. The Balaban J connectivity index is 1.86. The molecular formula is C19H20N2. The normalized spacial score (nSPS) is 14.0. The summed E-state index contributed by atoms with van der Waals surface area (Å²) in [7, 11) is 0. The molecule has 0 radical (unpaired) electrons. The van der Waals surface area contributed by atoms with E-state index in [1.165, 1.54) is 21.9 Å². The van der Waals surface area contributed by atoms with Gasteiger partial charge in [0.1, 0.15) is 0 Å². The van der Waals surface area contributed by atoms with Crippen molar-refractivity contribution in [3.05, 3.63) is 78.1 Å². The minimum absolute atomic E-state index is 0.271. The van der Waals surface area contributed by atoms with Crippen molar-refractivity contribution in [2.45, 2.75) is 25.9 Å². The van der Waals surface area contributed by atoms with Crippen LogP contribution in [0, 0.1) is 0 Å². The second-order valence-corrected chi connectivity index (χ2v) is 5.46. The molecule has 2 aromatic carbocycles. The Bertz CT molecular complexity index is 716. The molecule has 1 N–H and O–H groups in total. The van der Waals surface area contributed by atoms with Gasteiger partial charge >= 0.3 is 0 Å². The van der Waals surface area contributed by atoms with E-state index in [2.05, 4.69) is 72.7 Å². The molecule has 3 aromatic rings. The van der Waals surface area contributed by atoms with Crippen LogP contribution in [0.3, 0.4) is 0 Å². The summed E-state index contributed by atoms with van der Waals surface area (Å²) in [6.07, 6.45) is 3.73. The lowest BCUT2D eigenvalue weighted by Crippen LogP contribution is -2.22. The molecule has 0 amide bonds. The maximum absolute atomic E-state index is 4.20. The molecule has 0 saturated heterocycles. The zero-order valence-electron chi connectivity index (χ0n) is 12.5. The topological polar surface area (TPSA) is 24.9 Å². The van der Waals surface area contributed by atoms with Crippen LogP contribution in [0.1, 0.15) is 37.1 Å². The van der Waals surface area contributed by atoms with Gasteiger partial charge in [0.15, 0.2) is 0 Å². The lowest BCUT2D eigenvalue weighted by Gasteiger charge is -2.21. The van der Waals surface area contributed by atoms with Gasteiger partial charge in [0, 0.05) is 24.5 Å². The number of rotatable bonds is 4. The minimum atomic E-state index is 0.271. The van der Waals surface area contributed by atoms with Crippen molar-refractivity contribution >= 4 is 10.8 Å². The summed E-state index contributed by atoms with van der Waals surface area (Å²) in [6, 6.07) is 19.7. The first-order valence-corrected chi connectivity index (χ1v) is 7.39. The minimum Gasteiger partial charge on any atom is -0.304 e. The first-order valence-electron chi connectivity index (χ1n) is 7.39. The lowest BCUT2D eigenvalue weighted by molar-refractivity contribution is 0.496. The lowest BCUT2D eigenvalue weighted by atomic mass is 9.98. The number of nitrogens with zero attached hydrogens (tertiary/aromatic N) is 1. The molecule has 2 nitrogen and oxygen atoms in total.